The van der Waals surface area contributed by atoms with Crippen LogP contribution in [0.2, 0.25) is 5.02 Å². The average Bonchev–Trinajstić information content (AvgIpc) is 3.22. The van der Waals surface area contributed by atoms with Crippen molar-refractivity contribution in [1.82, 2.24) is 24.5 Å². The van der Waals surface area contributed by atoms with E-state index < -0.39 is 0 Å². The minimum Gasteiger partial charge on any atom is -0.479 e. The van der Waals surface area contributed by atoms with E-state index in [9.17, 15) is 4.39 Å². The van der Waals surface area contributed by atoms with Crippen LogP contribution in [-0.2, 0) is 24.1 Å². The molecule has 0 atom stereocenters. The molecule has 0 spiro atoms. The van der Waals surface area contributed by atoms with Crippen molar-refractivity contribution in [2.45, 2.75) is 17.5 Å². The Morgan fingerprint density at radius 2 is 2.07 bits per heavy atom. The molecule has 0 aliphatic carbocycles. The van der Waals surface area contributed by atoms with Gasteiger partial charge in [0.05, 0.1) is 20.3 Å². The Balaban J connectivity index is 1.92. The minimum atomic E-state index is -0.341. The molecule has 1 aromatic carbocycles. The quantitative estimate of drug-likeness (QED) is 0.529. The predicted octanol–water partition coefficient (Wildman–Crippen LogP) is 3.42. The first-order valence-corrected chi connectivity index (χ1v) is 9.47. The summed E-state index contributed by atoms with van der Waals surface area (Å²) in [6.45, 7) is 1.01. The smallest absolute Gasteiger partial charge is 0.243 e. The number of aromatic nitrogens is 5. The monoisotopic (exact) mass is 411 g/mol. The zero-order valence-electron chi connectivity index (χ0n) is 15.1. The highest BCUT2D eigenvalue weighted by Crippen LogP contribution is 2.32. The van der Waals surface area contributed by atoms with Crippen molar-refractivity contribution in [3.63, 3.8) is 0 Å². The Labute approximate surface area is 165 Å². The lowest BCUT2D eigenvalue weighted by Crippen LogP contribution is -2.08. The van der Waals surface area contributed by atoms with Crippen molar-refractivity contribution in [3.05, 3.63) is 40.8 Å². The molecule has 7 nitrogen and oxygen atoms in total. The van der Waals surface area contributed by atoms with Crippen LogP contribution >= 0.6 is 23.4 Å². The summed E-state index contributed by atoms with van der Waals surface area (Å²) >= 11 is 7.47. The number of methoxy groups -OCH3 is 2. The third-order valence-corrected chi connectivity index (χ3v) is 5.22. The van der Waals surface area contributed by atoms with E-state index in [4.69, 9.17) is 21.1 Å². The molecule has 0 bridgehead atoms. The van der Waals surface area contributed by atoms with Gasteiger partial charge in [0.1, 0.15) is 11.4 Å². The molecular formula is C17H19ClFN5O2S. The van der Waals surface area contributed by atoms with E-state index in [1.165, 1.54) is 17.8 Å². The van der Waals surface area contributed by atoms with Gasteiger partial charge in [-0.05, 0) is 12.1 Å². The van der Waals surface area contributed by atoms with Gasteiger partial charge in [-0.25, -0.2) is 4.39 Å². The van der Waals surface area contributed by atoms with Gasteiger partial charge < -0.3 is 9.47 Å². The highest BCUT2D eigenvalue weighted by Gasteiger charge is 2.21. The summed E-state index contributed by atoms with van der Waals surface area (Å²) in [4.78, 5) is 0. The van der Waals surface area contributed by atoms with E-state index in [1.807, 2.05) is 10.8 Å². The number of hydrogen-bond donors (Lipinski definition) is 0. The largest absolute Gasteiger partial charge is 0.479 e. The molecule has 0 radical (unpaired) electrons. The minimum absolute atomic E-state index is 0.334. The van der Waals surface area contributed by atoms with Crippen LogP contribution in [0.1, 0.15) is 5.56 Å². The average molecular weight is 412 g/mol. The van der Waals surface area contributed by atoms with Gasteiger partial charge in [0.25, 0.3) is 0 Å². The number of hydrogen-bond acceptors (Lipinski definition) is 6. The van der Waals surface area contributed by atoms with E-state index in [0.717, 1.165) is 5.56 Å². The van der Waals surface area contributed by atoms with Crippen LogP contribution < -0.4 is 4.74 Å². The molecular weight excluding hydrogens is 393 g/mol. The van der Waals surface area contributed by atoms with Crippen LogP contribution in [0.15, 0.2) is 29.6 Å². The van der Waals surface area contributed by atoms with Crippen molar-refractivity contribution in [2.75, 3.05) is 20.8 Å². The zero-order valence-corrected chi connectivity index (χ0v) is 16.7. The Morgan fingerprint density at radius 1 is 1.26 bits per heavy atom. The van der Waals surface area contributed by atoms with Crippen LogP contribution in [-0.4, -0.2) is 45.4 Å². The van der Waals surface area contributed by atoms with Gasteiger partial charge in [0, 0.05) is 36.7 Å². The van der Waals surface area contributed by atoms with E-state index >= 15 is 0 Å². The highest BCUT2D eigenvalue weighted by molar-refractivity contribution is 7.98. The molecule has 10 heteroatoms. The summed E-state index contributed by atoms with van der Waals surface area (Å²) in [5, 5.41) is 13.8. The Morgan fingerprint density at radius 3 is 2.78 bits per heavy atom. The number of thioether (sulfide) groups is 1. The van der Waals surface area contributed by atoms with E-state index in [-0.39, 0.29) is 5.82 Å². The van der Waals surface area contributed by atoms with Crippen LogP contribution in [0.3, 0.4) is 0 Å². The third kappa shape index (κ3) is 4.26. The number of nitrogens with zero attached hydrogens (tertiary/aromatic N) is 5. The molecule has 0 saturated carbocycles. The first-order chi connectivity index (χ1) is 13.0. The SMILES string of the molecule is COCCn1c(SCc2c(F)cccc2Cl)nnc1-c1cn(C)nc1OC. The molecule has 0 unspecified atom stereocenters. The first-order valence-electron chi connectivity index (χ1n) is 8.11. The lowest BCUT2D eigenvalue weighted by atomic mass is 10.2. The highest BCUT2D eigenvalue weighted by atomic mass is 35.5. The number of aryl methyl sites for hydroxylation is 1. The normalized spacial score (nSPS) is 11.1. The van der Waals surface area contributed by atoms with E-state index in [2.05, 4.69) is 15.3 Å². The summed E-state index contributed by atoms with van der Waals surface area (Å²) in [6, 6.07) is 4.64. The fraction of sp³-hybridized carbons (Fsp3) is 0.353. The molecule has 3 rings (SSSR count). The molecule has 0 aliphatic heterocycles. The fourth-order valence-corrected chi connectivity index (χ4v) is 3.87. The fourth-order valence-electron chi connectivity index (χ4n) is 2.56. The second-order valence-electron chi connectivity index (χ2n) is 5.67. The molecule has 3 aromatic rings. The molecule has 2 heterocycles. The maximum absolute atomic E-state index is 14.0. The van der Waals surface area contributed by atoms with Gasteiger partial charge in [0.2, 0.25) is 5.88 Å². The second kappa shape index (κ2) is 8.73. The van der Waals surface area contributed by atoms with Crippen molar-refractivity contribution >= 4 is 23.4 Å². The zero-order chi connectivity index (χ0) is 19.4. The molecule has 0 aliphatic rings. The second-order valence-corrected chi connectivity index (χ2v) is 7.01. The number of ether oxygens (including phenoxy) is 2. The van der Waals surface area contributed by atoms with Crippen LogP contribution in [0.25, 0.3) is 11.4 Å². The van der Waals surface area contributed by atoms with Gasteiger partial charge in [0.15, 0.2) is 11.0 Å². The van der Waals surface area contributed by atoms with E-state index in [1.54, 1.807) is 38.1 Å². The molecule has 27 heavy (non-hydrogen) atoms. The van der Waals surface area contributed by atoms with Crippen LogP contribution in [0.4, 0.5) is 4.39 Å². The Hall–Kier alpha value is -2.10. The van der Waals surface area contributed by atoms with Crippen molar-refractivity contribution in [2.24, 2.45) is 7.05 Å². The van der Waals surface area contributed by atoms with E-state index in [0.29, 0.717) is 46.4 Å². The molecule has 0 N–H and O–H groups in total. The Kier molecular flexibility index (Phi) is 6.35. The molecule has 0 saturated heterocycles. The lowest BCUT2D eigenvalue weighted by Gasteiger charge is -2.10. The van der Waals surface area contributed by atoms with Crippen molar-refractivity contribution in [1.29, 1.82) is 0 Å². The maximum Gasteiger partial charge on any atom is 0.243 e. The lowest BCUT2D eigenvalue weighted by molar-refractivity contribution is 0.185. The van der Waals surface area contributed by atoms with Crippen molar-refractivity contribution < 1.29 is 13.9 Å². The van der Waals surface area contributed by atoms with Gasteiger partial charge >= 0.3 is 0 Å². The standard InChI is InChI=1S/C17H19ClFN5O2S/c1-23-9-11(16(22-23)26-3)15-20-21-17(24(15)7-8-25-2)27-10-12-13(18)5-4-6-14(12)19/h4-6,9H,7-8,10H2,1-3H3. The summed E-state index contributed by atoms with van der Waals surface area (Å²) in [7, 11) is 4.98. The van der Waals surface area contributed by atoms with Crippen LogP contribution in [0, 0.1) is 5.82 Å². The molecule has 144 valence electrons. The molecule has 2 aromatic heterocycles. The van der Waals surface area contributed by atoms with Crippen LogP contribution in [0.5, 0.6) is 5.88 Å². The number of halogens is 2. The topological polar surface area (TPSA) is 67.0 Å². The van der Waals surface area contributed by atoms with Gasteiger partial charge in [-0.2, -0.15) is 0 Å². The summed E-state index contributed by atoms with van der Waals surface area (Å²) in [5.41, 5.74) is 1.16. The van der Waals surface area contributed by atoms with Gasteiger partial charge in [-0.15, -0.1) is 15.3 Å². The predicted molar refractivity (Wildman–Crippen MR) is 102 cm³/mol. The Bertz CT molecular complexity index is 910. The first kappa shape index (κ1) is 19.7. The summed E-state index contributed by atoms with van der Waals surface area (Å²) < 4.78 is 28.1. The molecule has 0 fully saturated rings. The maximum atomic E-state index is 14.0. The van der Waals surface area contributed by atoms with Crippen molar-refractivity contribution in [3.8, 4) is 17.3 Å². The summed E-state index contributed by atoms with van der Waals surface area (Å²) in [6.07, 6.45) is 1.81. The van der Waals surface area contributed by atoms with Gasteiger partial charge in [-0.1, -0.05) is 29.4 Å². The number of benzene rings is 1. The summed E-state index contributed by atoms with van der Waals surface area (Å²) in [5.74, 6) is 1.06. The number of rotatable bonds is 8. The van der Waals surface area contributed by atoms with Gasteiger partial charge in [-0.3, -0.25) is 9.25 Å². The molecule has 0 amide bonds. The third-order valence-electron chi connectivity index (χ3n) is 3.87.